The molecule has 0 spiro atoms. The predicted molar refractivity (Wildman–Crippen MR) is 57.6 cm³/mol. The lowest BCUT2D eigenvalue weighted by atomic mass is 10.4. The third kappa shape index (κ3) is 2.16. The second-order valence-corrected chi connectivity index (χ2v) is 6.80. The van der Waals surface area contributed by atoms with Gasteiger partial charge in [0.05, 0.1) is 4.90 Å². The van der Waals surface area contributed by atoms with Gasteiger partial charge < -0.3 is 5.11 Å². The Balaban J connectivity index is 3.25. The van der Waals surface area contributed by atoms with Crippen LogP contribution in [0.2, 0.25) is 0 Å². The number of hydrogen-bond donors (Lipinski definition) is 1. The highest BCUT2D eigenvalue weighted by Gasteiger charge is 2.32. The van der Waals surface area contributed by atoms with E-state index >= 15 is 0 Å². The van der Waals surface area contributed by atoms with Crippen LogP contribution in [0.5, 0.6) is 0 Å². The first-order chi connectivity index (χ1) is 6.25. The Morgan fingerprint density at radius 2 is 1.64 bits per heavy atom. The predicted octanol–water partition coefficient (Wildman–Crippen LogP) is 1.95. The maximum Gasteiger partial charge on any atom is 0.207 e. The summed E-state index contributed by atoms with van der Waals surface area (Å²) in [6.07, 6.45) is 0. The topological polar surface area (TPSA) is 54.4 Å². The van der Waals surface area contributed by atoms with Gasteiger partial charge in [0.1, 0.15) is 0 Å². The van der Waals surface area contributed by atoms with Crippen LogP contribution in [-0.2, 0) is 9.84 Å². The van der Waals surface area contributed by atoms with Crippen molar-refractivity contribution in [2.24, 2.45) is 0 Å². The molecule has 0 radical (unpaired) electrons. The molecule has 0 unspecified atom stereocenters. The van der Waals surface area contributed by atoms with E-state index in [1.54, 1.807) is 12.1 Å². The number of sulfone groups is 1. The fourth-order valence-electron chi connectivity index (χ4n) is 0.902. The maximum absolute atomic E-state index is 11.7. The van der Waals surface area contributed by atoms with Gasteiger partial charge in [-0.15, -0.1) is 0 Å². The van der Waals surface area contributed by atoms with E-state index in [1.165, 1.54) is 26.0 Å². The van der Waals surface area contributed by atoms with Gasteiger partial charge in [-0.25, -0.2) is 8.42 Å². The summed E-state index contributed by atoms with van der Waals surface area (Å²) >= 11 is 3.21. The number of hydrogen-bond acceptors (Lipinski definition) is 3. The highest BCUT2D eigenvalue weighted by atomic mass is 79.9. The molecule has 5 heteroatoms. The zero-order chi connectivity index (χ0) is 11.0. The van der Waals surface area contributed by atoms with Crippen molar-refractivity contribution in [2.45, 2.75) is 23.7 Å². The van der Waals surface area contributed by atoms with Gasteiger partial charge in [0.15, 0.2) is 4.93 Å². The number of rotatable bonds is 2. The summed E-state index contributed by atoms with van der Waals surface area (Å²) in [5, 5.41) is 9.47. The lowest BCUT2D eigenvalue weighted by Crippen LogP contribution is -2.31. The summed E-state index contributed by atoms with van der Waals surface area (Å²) < 4.78 is 24.2. The lowest BCUT2D eigenvalue weighted by Gasteiger charge is -2.17. The highest BCUT2D eigenvalue weighted by molar-refractivity contribution is 9.10. The molecule has 78 valence electrons. The van der Waals surface area contributed by atoms with E-state index in [1.807, 2.05) is 0 Å². The Morgan fingerprint density at radius 1 is 1.21 bits per heavy atom. The van der Waals surface area contributed by atoms with Gasteiger partial charge in [0.25, 0.3) is 0 Å². The summed E-state index contributed by atoms with van der Waals surface area (Å²) in [5.41, 5.74) is 0. The van der Waals surface area contributed by atoms with Crippen LogP contribution in [0.15, 0.2) is 33.6 Å². The molecule has 0 amide bonds. The fourth-order valence-corrected chi connectivity index (χ4v) is 2.24. The van der Waals surface area contributed by atoms with E-state index in [9.17, 15) is 13.5 Å². The SMILES string of the molecule is CC(C)(O)S(=O)(=O)c1ccc(Br)cc1. The van der Waals surface area contributed by atoms with Gasteiger partial charge in [-0.3, -0.25) is 0 Å². The minimum atomic E-state index is -3.66. The first-order valence-corrected chi connectivity index (χ1v) is 6.25. The van der Waals surface area contributed by atoms with Crippen molar-refractivity contribution >= 4 is 25.8 Å². The van der Waals surface area contributed by atoms with Gasteiger partial charge >= 0.3 is 0 Å². The Kier molecular flexibility index (Phi) is 3.04. The van der Waals surface area contributed by atoms with E-state index in [4.69, 9.17) is 0 Å². The molecule has 0 fully saturated rings. The minimum Gasteiger partial charge on any atom is -0.374 e. The summed E-state index contributed by atoms with van der Waals surface area (Å²) in [6, 6.07) is 6.16. The van der Waals surface area contributed by atoms with E-state index in [2.05, 4.69) is 15.9 Å². The van der Waals surface area contributed by atoms with Crippen LogP contribution < -0.4 is 0 Å². The molecule has 3 nitrogen and oxygen atoms in total. The molecular formula is C9H11BrO3S. The van der Waals surface area contributed by atoms with Crippen LogP contribution in [0, 0.1) is 0 Å². The average Bonchev–Trinajstić information content (AvgIpc) is 2.03. The maximum atomic E-state index is 11.7. The van der Waals surface area contributed by atoms with E-state index in [0.717, 1.165) is 4.47 Å². The van der Waals surface area contributed by atoms with Crippen LogP contribution in [0.25, 0.3) is 0 Å². The molecule has 0 aliphatic heterocycles. The van der Waals surface area contributed by atoms with Crippen molar-refractivity contribution in [1.29, 1.82) is 0 Å². The monoisotopic (exact) mass is 278 g/mol. The summed E-state index contributed by atoms with van der Waals surface area (Å²) in [7, 11) is -3.66. The van der Waals surface area contributed by atoms with Gasteiger partial charge in [-0.2, -0.15) is 0 Å². The molecule has 0 heterocycles. The first kappa shape index (κ1) is 11.7. The zero-order valence-electron chi connectivity index (χ0n) is 7.86. The summed E-state index contributed by atoms with van der Waals surface area (Å²) in [6.45, 7) is 2.51. The molecule has 1 N–H and O–H groups in total. The van der Waals surface area contributed by atoms with Crippen molar-refractivity contribution in [2.75, 3.05) is 0 Å². The molecule has 1 rings (SSSR count). The molecule has 0 atom stereocenters. The Labute approximate surface area is 91.8 Å². The lowest BCUT2D eigenvalue weighted by molar-refractivity contribution is 0.165. The number of aliphatic hydroxyl groups is 1. The molecule has 0 aliphatic rings. The highest BCUT2D eigenvalue weighted by Crippen LogP contribution is 2.23. The third-order valence-electron chi connectivity index (χ3n) is 1.78. The Morgan fingerprint density at radius 3 is 2.00 bits per heavy atom. The van der Waals surface area contributed by atoms with Gasteiger partial charge in [-0.05, 0) is 38.1 Å². The van der Waals surface area contributed by atoms with E-state index in [-0.39, 0.29) is 4.90 Å². The number of benzene rings is 1. The van der Waals surface area contributed by atoms with Gasteiger partial charge in [-0.1, -0.05) is 15.9 Å². The van der Waals surface area contributed by atoms with Crippen molar-refractivity contribution in [1.82, 2.24) is 0 Å². The number of halogens is 1. The van der Waals surface area contributed by atoms with Crippen molar-refractivity contribution in [3.63, 3.8) is 0 Å². The van der Waals surface area contributed by atoms with Crippen LogP contribution >= 0.6 is 15.9 Å². The smallest absolute Gasteiger partial charge is 0.207 e. The van der Waals surface area contributed by atoms with E-state index < -0.39 is 14.8 Å². The Bertz CT molecular complexity index is 414. The quantitative estimate of drug-likeness (QED) is 0.900. The standard InChI is InChI=1S/C9H11BrO3S/c1-9(2,11)14(12,13)8-5-3-7(10)4-6-8/h3-6,11H,1-2H3. The molecule has 0 aliphatic carbocycles. The molecule has 1 aromatic rings. The van der Waals surface area contributed by atoms with Crippen molar-refractivity contribution < 1.29 is 13.5 Å². The molecule has 0 bridgehead atoms. The normalized spacial score (nSPS) is 12.9. The molecule has 1 aromatic carbocycles. The van der Waals surface area contributed by atoms with Gasteiger partial charge in [0, 0.05) is 4.47 Å². The molecular weight excluding hydrogens is 268 g/mol. The second kappa shape index (κ2) is 3.64. The second-order valence-electron chi connectivity index (χ2n) is 3.40. The fraction of sp³-hybridized carbons (Fsp3) is 0.333. The average molecular weight is 279 g/mol. The van der Waals surface area contributed by atoms with Crippen molar-refractivity contribution in [3.8, 4) is 0 Å². The molecule has 0 aromatic heterocycles. The summed E-state index contributed by atoms with van der Waals surface area (Å²) in [5.74, 6) is 0. The Hall–Kier alpha value is -0.390. The first-order valence-electron chi connectivity index (χ1n) is 3.98. The largest absolute Gasteiger partial charge is 0.374 e. The van der Waals surface area contributed by atoms with Crippen LogP contribution in [0.3, 0.4) is 0 Å². The van der Waals surface area contributed by atoms with Crippen molar-refractivity contribution in [3.05, 3.63) is 28.7 Å². The molecule has 0 saturated carbocycles. The van der Waals surface area contributed by atoms with Gasteiger partial charge in [0.2, 0.25) is 9.84 Å². The molecule has 0 saturated heterocycles. The van der Waals surface area contributed by atoms with Crippen LogP contribution in [0.4, 0.5) is 0 Å². The third-order valence-corrected chi connectivity index (χ3v) is 4.52. The summed E-state index contributed by atoms with van der Waals surface area (Å²) in [4.78, 5) is -1.63. The van der Waals surface area contributed by atoms with Crippen LogP contribution in [-0.4, -0.2) is 18.5 Å². The van der Waals surface area contributed by atoms with E-state index in [0.29, 0.717) is 0 Å². The van der Waals surface area contributed by atoms with Crippen LogP contribution in [0.1, 0.15) is 13.8 Å². The molecule has 14 heavy (non-hydrogen) atoms. The minimum absolute atomic E-state index is 0.119. The zero-order valence-corrected chi connectivity index (χ0v) is 10.3.